The Morgan fingerprint density at radius 2 is 0.869 bits per heavy atom. The van der Waals surface area contributed by atoms with Crippen LogP contribution in [-0.4, -0.2) is 4.57 Å². The fraction of sp³-hybridized carbons (Fsp3) is 0.0169. The second-order valence-electron chi connectivity index (χ2n) is 16.4. The van der Waals surface area contributed by atoms with E-state index in [9.17, 15) is 0 Å². The van der Waals surface area contributed by atoms with E-state index in [0.29, 0.717) is 0 Å². The van der Waals surface area contributed by atoms with Gasteiger partial charge in [-0.1, -0.05) is 164 Å². The Bertz CT molecular complexity index is 3420. The van der Waals surface area contributed by atoms with E-state index >= 15 is 0 Å². The monoisotopic (exact) mass is 774 g/mol. The lowest BCUT2D eigenvalue weighted by Gasteiger charge is -2.38. The number of nitrogens with zero attached hydrogens (tertiary/aromatic N) is 2. The normalized spacial score (nSPS) is 13.0. The molecule has 0 N–H and O–H groups in total. The molecular weight excluding hydrogens is 737 g/mol. The van der Waals surface area contributed by atoms with Crippen molar-refractivity contribution in [2.24, 2.45) is 0 Å². The number of benzene rings is 10. The van der Waals surface area contributed by atoms with E-state index in [-0.39, 0.29) is 0 Å². The van der Waals surface area contributed by atoms with Gasteiger partial charge < -0.3 is 9.47 Å². The van der Waals surface area contributed by atoms with Crippen molar-refractivity contribution in [3.05, 3.63) is 253 Å². The topological polar surface area (TPSA) is 8.17 Å². The summed E-state index contributed by atoms with van der Waals surface area (Å²) in [5.74, 6) is 0. The first-order valence-corrected chi connectivity index (χ1v) is 21.2. The summed E-state index contributed by atoms with van der Waals surface area (Å²) in [4.78, 5) is 2.36. The molecule has 2 aliphatic carbocycles. The molecule has 1 heterocycles. The molecule has 2 heteroatoms. The minimum Gasteiger partial charge on any atom is -0.310 e. The van der Waals surface area contributed by atoms with Crippen LogP contribution >= 0.6 is 0 Å². The molecule has 0 fully saturated rings. The van der Waals surface area contributed by atoms with E-state index < -0.39 is 5.41 Å². The van der Waals surface area contributed by atoms with Crippen molar-refractivity contribution in [2.75, 3.05) is 4.90 Å². The van der Waals surface area contributed by atoms with Crippen molar-refractivity contribution in [2.45, 2.75) is 5.41 Å². The molecule has 0 saturated heterocycles. The third-order valence-electron chi connectivity index (χ3n) is 13.3. The van der Waals surface area contributed by atoms with Gasteiger partial charge >= 0.3 is 0 Å². The summed E-state index contributed by atoms with van der Waals surface area (Å²) in [6.45, 7) is 0. The molecule has 61 heavy (non-hydrogen) atoms. The van der Waals surface area contributed by atoms with Crippen LogP contribution in [0.4, 0.5) is 17.1 Å². The number of rotatable bonds is 6. The van der Waals surface area contributed by atoms with E-state index in [0.717, 1.165) is 22.7 Å². The highest BCUT2D eigenvalue weighted by molar-refractivity contribution is 6.27. The van der Waals surface area contributed by atoms with Crippen LogP contribution in [0.1, 0.15) is 22.3 Å². The predicted molar refractivity (Wildman–Crippen MR) is 255 cm³/mol. The zero-order chi connectivity index (χ0) is 40.1. The summed E-state index contributed by atoms with van der Waals surface area (Å²) in [7, 11) is 0. The second-order valence-corrected chi connectivity index (χ2v) is 16.4. The van der Waals surface area contributed by atoms with E-state index in [1.54, 1.807) is 0 Å². The lowest BCUT2D eigenvalue weighted by atomic mass is 9.63. The van der Waals surface area contributed by atoms with Crippen molar-refractivity contribution in [1.82, 2.24) is 4.57 Å². The van der Waals surface area contributed by atoms with Gasteiger partial charge in [0.15, 0.2) is 0 Å². The lowest BCUT2D eigenvalue weighted by Crippen LogP contribution is -2.30. The molecule has 2 aliphatic rings. The largest absolute Gasteiger partial charge is 0.310 e. The van der Waals surface area contributed by atoms with Crippen LogP contribution in [0.25, 0.3) is 71.6 Å². The molecular formula is C59H38N2. The van der Waals surface area contributed by atoms with E-state index in [1.165, 1.54) is 88.2 Å². The number of anilines is 3. The standard InChI is InChI=1S/C59H38N2/c1-4-16-39(17-5-1)40-30-33-46(34-31-40)61-54-35-32-41-18-15-29-52-56(41)58(54)57-53(59(52)50-27-12-10-25-48(50)49-26-11-13-28-51(49)59)37-43(38-55(57)61)42-19-14-24-47(36-42)60(44-20-6-2-7-21-44)45-22-8-3-9-23-45/h1-38H. The molecule has 0 saturated carbocycles. The molecule has 0 radical (unpaired) electrons. The van der Waals surface area contributed by atoms with Gasteiger partial charge in [-0.25, -0.2) is 0 Å². The molecule has 13 rings (SSSR count). The molecule has 284 valence electrons. The predicted octanol–water partition coefficient (Wildman–Crippen LogP) is 15.4. The maximum Gasteiger partial charge on any atom is 0.0726 e. The van der Waals surface area contributed by atoms with Crippen LogP contribution < -0.4 is 4.90 Å². The highest BCUT2D eigenvalue weighted by Gasteiger charge is 2.50. The molecule has 1 aromatic heterocycles. The second kappa shape index (κ2) is 13.0. The quantitative estimate of drug-likeness (QED) is 0.163. The van der Waals surface area contributed by atoms with Crippen molar-refractivity contribution < 1.29 is 0 Å². The van der Waals surface area contributed by atoms with E-state index in [1.807, 2.05) is 0 Å². The molecule has 11 aromatic rings. The fourth-order valence-electron chi connectivity index (χ4n) is 10.9. The number of hydrogen-bond acceptors (Lipinski definition) is 1. The Kier molecular flexibility index (Phi) is 7.26. The summed E-state index contributed by atoms with van der Waals surface area (Å²) >= 11 is 0. The SMILES string of the molecule is c1ccc(-c2ccc(-n3c4cc(-c5cccc(N(c6ccccc6)c6ccccc6)c5)cc5c4c4c6c(cccc6ccc43)C53c4ccccc4-c4ccccc43)cc2)cc1. The molecule has 0 amide bonds. The van der Waals surface area contributed by atoms with Gasteiger partial charge in [0.05, 0.1) is 16.4 Å². The smallest absolute Gasteiger partial charge is 0.0726 e. The third kappa shape index (κ3) is 4.79. The fourth-order valence-corrected chi connectivity index (χ4v) is 10.9. The zero-order valence-electron chi connectivity index (χ0n) is 33.3. The summed E-state index contributed by atoms with van der Waals surface area (Å²) in [5, 5.41) is 5.28. The first-order valence-electron chi connectivity index (χ1n) is 21.2. The average Bonchev–Trinajstić information content (AvgIpc) is 3.83. The summed E-state index contributed by atoms with van der Waals surface area (Å²) < 4.78 is 2.53. The van der Waals surface area contributed by atoms with Gasteiger partial charge in [0.25, 0.3) is 0 Å². The van der Waals surface area contributed by atoms with Crippen LogP contribution in [0, 0.1) is 0 Å². The minimum absolute atomic E-state index is 0.524. The summed E-state index contributed by atoms with van der Waals surface area (Å²) in [6.07, 6.45) is 0. The number of aromatic nitrogens is 1. The zero-order valence-corrected chi connectivity index (χ0v) is 33.3. The molecule has 10 aromatic carbocycles. The van der Waals surface area contributed by atoms with Crippen LogP contribution in [0.15, 0.2) is 231 Å². The maximum atomic E-state index is 2.53. The van der Waals surface area contributed by atoms with Gasteiger partial charge in [0, 0.05) is 33.5 Å². The minimum atomic E-state index is -0.524. The van der Waals surface area contributed by atoms with Gasteiger partial charge in [0.1, 0.15) is 0 Å². The van der Waals surface area contributed by atoms with Crippen molar-refractivity contribution >= 4 is 49.6 Å². The number of fused-ring (bicyclic) bond motifs is 7. The van der Waals surface area contributed by atoms with E-state index in [2.05, 4.69) is 240 Å². The Morgan fingerprint density at radius 3 is 1.56 bits per heavy atom. The highest BCUT2D eigenvalue weighted by Crippen LogP contribution is 2.62. The summed E-state index contributed by atoms with van der Waals surface area (Å²) in [6, 6.07) is 85.2. The van der Waals surface area contributed by atoms with Gasteiger partial charge in [0.2, 0.25) is 0 Å². The van der Waals surface area contributed by atoms with Crippen LogP contribution in [-0.2, 0) is 5.41 Å². The Morgan fingerprint density at radius 1 is 0.311 bits per heavy atom. The molecule has 0 unspecified atom stereocenters. The molecule has 2 nitrogen and oxygen atoms in total. The van der Waals surface area contributed by atoms with Gasteiger partial charge in [-0.3, -0.25) is 0 Å². The van der Waals surface area contributed by atoms with Gasteiger partial charge in [-0.15, -0.1) is 0 Å². The van der Waals surface area contributed by atoms with Gasteiger partial charge in [-0.05, 0) is 133 Å². The maximum absolute atomic E-state index is 2.53. The van der Waals surface area contributed by atoms with Crippen LogP contribution in [0.5, 0.6) is 0 Å². The Balaban J connectivity index is 1.14. The molecule has 0 atom stereocenters. The molecule has 1 spiro atoms. The van der Waals surface area contributed by atoms with Crippen LogP contribution in [0.2, 0.25) is 0 Å². The first-order chi connectivity index (χ1) is 30.3. The Hall–Kier alpha value is -7.94. The molecule has 0 aliphatic heterocycles. The van der Waals surface area contributed by atoms with Crippen molar-refractivity contribution in [3.63, 3.8) is 0 Å². The lowest BCUT2D eigenvalue weighted by molar-refractivity contribution is 0.783. The van der Waals surface area contributed by atoms with Gasteiger partial charge in [-0.2, -0.15) is 0 Å². The molecule has 0 bridgehead atoms. The van der Waals surface area contributed by atoms with E-state index in [4.69, 9.17) is 0 Å². The first kappa shape index (κ1) is 34.0. The number of para-hydroxylation sites is 2. The third-order valence-corrected chi connectivity index (χ3v) is 13.3. The average molecular weight is 775 g/mol. The highest BCUT2D eigenvalue weighted by atomic mass is 15.1. The van der Waals surface area contributed by atoms with Crippen LogP contribution in [0.3, 0.4) is 0 Å². The number of hydrogen-bond donors (Lipinski definition) is 0. The Labute approximate surface area is 354 Å². The van der Waals surface area contributed by atoms with Crippen molar-refractivity contribution in [3.8, 4) is 39.1 Å². The summed E-state index contributed by atoms with van der Waals surface area (Å²) in [5.41, 5.74) is 19.2. The van der Waals surface area contributed by atoms with Crippen molar-refractivity contribution in [1.29, 1.82) is 0 Å².